The molecule has 3 rings (SSSR count). The van der Waals surface area contributed by atoms with Gasteiger partial charge in [0.05, 0.1) is 19.2 Å². The molecule has 0 saturated heterocycles. The van der Waals surface area contributed by atoms with E-state index in [4.69, 9.17) is 10.5 Å². The van der Waals surface area contributed by atoms with Crippen LogP contribution in [0.25, 0.3) is 11.2 Å². The lowest BCUT2D eigenvalue weighted by Gasteiger charge is -2.06. The minimum absolute atomic E-state index is 0.113. The van der Waals surface area contributed by atoms with E-state index >= 15 is 0 Å². The van der Waals surface area contributed by atoms with Gasteiger partial charge in [0.1, 0.15) is 22.1 Å². The Morgan fingerprint density at radius 1 is 1.43 bits per heavy atom. The average Bonchev–Trinajstić information content (AvgIpc) is 3.01. The number of carbonyl (C=O) groups is 1. The molecule has 0 bridgehead atoms. The molecule has 0 spiro atoms. The molecule has 0 unspecified atom stereocenters. The number of thioether (sulfide) groups is 1. The van der Waals surface area contributed by atoms with Gasteiger partial charge in [-0.15, -0.1) is 0 Å². The molecule has 0 aromatic carbocycles. The highest BCUT2D eigenvalue weighted by Crippen LogP contribution is 2.23. The summed E-state index contributed by atoms with van der Waals surface area (Å²) in [6.45, 7) is 0. The summed E-state index contributed by atoms with van der Waals surface area (Å²) in [5, 5.41) is 3.26. The van der Waals surface area contributed by atoms with Gasteiger partial charge in [0.15, 0.2) is 5.65 Å². The molecule has 4 N–H and O–H groups in total. The summed E-state index contributed by atoms with van der Waals surface area (Å²) >= 11 is 1.23. The second-order valence-corrected chi connectivity index (χ2v) is 5.37. The number of fused-ring (bicyclic) bond motifs is 1. The van der Waals surface area contributed by atoms with Crippen LogP contribution in [0.15, 0.2) is 29.7 Å². The van der Waals surface area contributed by atoms with Crippen molar-refractivity contribution in [3.05, 3.63) is 24.7 Å². The monoisotopic (exact) mass is 331 g/mol. The number of imidazole rings is 1. The molecule has 3 heterocycles. The summed E-state index contributed by atoms with van der Waals surface area (Å²) in [4.78, 5) is 31.2. The van der Waals surface area contributed by atoms with Crippen LogP contribution in [-0.2, 0) is 4.79 Å². The van der Waals surface area contributed by atoms with Gasteiger partial charge in [0.25, 0.3) is 0 Å². The smallest absolute Gasteiger partial charge is 0.235 e. The van der Waals surface area contributed by atoms with E-state index in [9.17, 15) is 4.79 Å². The standard InChI is InChI=1S/C13H13N7O2S/c1-22-7-2-3-15-8(4-7)18-9(21)5-23-12-10-11(17-6-16-10)19-13(14)20-12/h2-4,6H,5H2,1H3,(H,15,18,21)(H3,14,16,17,19,20). The maximum absolute atomic E-state index is 12.0. The first-order chi connectivity index (χ1) is 11.2. The number of hydrogen-bond donors (Lipinski definition) is 3. The normalized spacial score (nSPS) is 10.7. The lowest BCUT2D eigenvalue weighted by atomic mass is 10.4. The molecule has 9 nitrogen and oxygen atoms in total. The fraction of sp³-hybridized carbons (Fsp3) is 0.154. The molecule has 118 valence electrons. The third kappa shape index (κ3) is 3.48. The van der Waals surface area contributed by atoms with Crippen molar-refractivity contribution in [2.24, 2.45) is 0 Å². The maximum atomic E-state index is 12.0. The van der Waals surface area contributed by atoms with E-state index < -0.39 is 0 Å². The number of nitrogens with two attached hydrogens (primary N) is 1. The Labute approximate surface area is 135 Å². The minimum Gasteiger partial charge on any atom is -0.497 e. The third-order valence-corrected chi connectivity index (χ3v) is 3.82. The first-order valence-corrected chi connectivity index (χ1v) is 7.53. The number of nitrogens with zero attached hydrogens (tertiary/aromatic N) is 4. The molecule has 0 aliphatic rings. The summed E-state index contributed by atoms with van der Waals surface area (Å²) in [5.74, 6) is 1.07. The number of aromatic nitrogens is 5. The quantitative estimate of drug-likeness (QED) is 0.467. The van der Waals surface area contributed by atoms with E-state index in [1.807, 2.05) is 0 Å². The summed E-state index contributed by atoms with van der Waals surface area (Å²) in [6.07, 6.45) is 3.06. The number of pyridine rings is 1. The van der Waals surface area contributed by atoms with Gasteiger partial charge in [-0.25, -0.2) is 15.0 Å². The number of methoxy groups -OCH3 is 1. The van der Waals surface area contributed by atoms with E-state index in [0.29, 0.717) is 27.8 Å². The van der Waals surface area contributed by atoms with Crippen molar-refractivity contribution < 1.29 is 9.53 Å². The van der Waals surface area contributed by atoms with Crippen molar-refractivity contribution in [2.75, 3.05) is 23.9 Å². The fourth-order valence-corrected chi connectivity index (χ4v) is 2.64. The van der Waals surface area contributed by atoms with E-state index in [-0.39, 0.29) is 17.6 Å². The van der Waals surface area contributed by atoms with Gasteiger partial charge in [-0.05, 0) is 6.07 Å². The number of carbonyl (C=O) groups excluding carboxylic acids is 1. The van der Waals surface area contributed by atoms with Crippen molar-refractivity contribution in [1.82, 2.24) is 24.9 Å². The van der Waals surface area contributed by atoms with Crippen molar-refractivity contribution in [3.63, 3.8) is 0 Å². The molecule has 0 aliphatic carbocycles. The van der Waals surface area contributed by atoms with Crippen LogP contribution in [0.4, 0.5) is 11.8 Å². The van der Waals surface area contributed by atoms with Crippen LogP contribution in [0.5, 0.6) is 5.75 Å². The molecule has 0 radical (unpaired) electrons. The molecule has 0 atom stereocenters. The Morgan fingerprint density at radius 2 is 2.30 bits per heavy atom. The Balaban J connectivity index is 1.67. The average molecular weight is 331 g/mol. The lowest BCUT2D eigenvalue weighted by Crippen LogP contribution is -2.15. The summed E-state index contributed by atoms with van der Waals surface area (Å²) < 4.78 is 5.08. The first-order valence-electron chi connectivity index (χ1n) is 6.55. The molecule has 0 aliphatic heterocycles. The number of rotatable bonds is 5. The Bertz CT molecular complexity index is 851. The topological polar surface area (TPSA) is 132 Å². The number of H-pyrrole nitrogens is 1. The van der Waals surface area contributed by atoms with Crippen LogP contribution < -0.4 is 15.8 Å². The number of hydrogen-bond acceptors (Lipinski definition) is 8. The fourth-order valence-electron chi connectivity index (χ4n) is 1.85. The summed E-state index contributed by atoms with van der Waals surface area (Å²) in [5.41, 5.74) is 6.75. The Morgan fingerprint density at radius 3 is 3.13 bits per heavy atom. The van der Waals surface area contributed by atoms with Crippen LogP contribution in [0.3, 0.4) is 0 Å². The lowest BCUT2D eigenvalue weighted by molar-refractivity contribution is -0.113. The zero-order valence-electron chi connectivity index (χ0n) is 12.1. The van der Waals surface area contributed by atoms with Gasteiger partial charge in [0, 0.05) is 12.3 Å². The van der Waals surface area contributed by atoms with Crippen LogP contribution in [0.2, 0.25) is 0 Å². The van der Waals surface area contributed by atoms with Crippen molar-refractivity contribution in [3.8, 4) is 5.75 Å². The van der Waals surface area contributed by atoms with Crippen molar-refractivity contribution in [1.29, 1.82) is 0 Å². The number of anilines is 2. The van der Waals surface area contributed by atoms with E-state index in [2.05, 4.69) is 30.2 Å². The molecular weight excluding hydrogens is 318 g/mol. The molecule has 1 amide bonds. The Hall–Kier alpha value is -2.88. The summed E-state index contributed by atoms with van der Waals surface area (Å²) in [7, 11) is 1.55. The zero-order chi connectivity index (χ0) is 16.2. The molecule has 10 heteroatoms. The van der Waals surface area contributed by atoms with E-state index in [1.165, 1.54) is 18.1 Å². The van der Waals surface area contributed by atoms with Crippen LogP contribution >= 0.6 is 11.8 Å². The third-order valence-electron chi connectivity index (χ3n) is 2.84. The zero-order valence-corrected chi connectivity index (χ0v) is 12.9. The number of amides is 1. The number of nitrogen functional groups attached to an aromatic ring is 1. The Kier molecular flexibility index (Phi) is 4.24. The number of nitrogens with one attached hydrogen (secondary N) is 2. The van der Waals surface area contributed by atoms with E-state index in [0.717, 1.165) is 0 Å². The molecular formula is C13H13N7O2S. The van der Waals surface area contributed by atoms with Gasteiger partial charge in [-0.3, -0.25) is 4.79 Å². The van der Waals surface area contributed by atoms with Gasteiger partial charge in [-0.1, -0.05) is 11.8 Å². The molecule has 23 heavy (non-hydrogen) atoms. The van der Waals surface area contributed by atoms with Crippen LogP contribution in [0, 0.1) is 0 Å². The predicted octanol–water partition coefficient (Wildman–Crippen LogP) is 1.07. The van der Waals surface area contributed by atoms with E-state index in [1.54, 1.807) is 25.4 Å². The molecule has 0 saturated carbocycles. The highest BCUT2D eigenvalue weighted by atomic mass is 32.2. The first kappa shape index (κ1) is 15.0. The predicted molar refractivity (Wildman–Crippen MR) is 86.2 cm³/mol. The van der Waals surface area contributed by atoms with Crippen molar-refractivity contribution in [2.45, 2.75) is 5.03 Å². The van der Waals surface area contributed by atoms with Crippen molar-refractivity contribution >= 4 is 40.6 Å². The van der Waals surface area contributed by atoms with Gasteiger partial charge in [-0.2, -0.15) is 4.98 Å². The molecule has 3 aromatic heterocycles. The second kappa shape index (κ2) is 6.48. The second-order valence-electron chi connectivity index (χ2n) is 4.41. The molecule has 0 fully saturated rings. The van der Waals surface area contributed by atoms with Crippen LogP contribution in [-0.4, -0.2) is 43.7 Å². The maximum Gasteiger partial charge on any atom is 0.235 e. The minimum atomic E-state index is -0.222. The SMILES string of the molecule is COc1ccnc(NC(=O)CSc2nc(N)nc3nc[nH]c23)c1. The van der Waals surface area contributed by atoms with Gasteiger partial charge >= 0.3 is 0 Å². The molecule has 3 aromatic rings. The van der Waals surface area contributed by atoms with Crippen LogP contribution in [0.1, 0.15) is 0 Å². The van der Waals surface area contributed by atoms with Gasteiger partial charge in [0.2, 0.25) is 11.9 Å². The number of ether oxygens (including phenoxy) is 1. The highest BCUT2D eigenvalue weighted by molar-refractivity contribution is 8.00. The van der Waals surface area contributed by atoms with Gasteiger partial charge < -0.3 is 20.8 Å². The number of aromatic amines is 1. The summed E-state index contributed by atoms with van der Waals surface area (Å²) in [6, 6.07) is 3.33. The highest BCUT2D eigenvalue weighted by Gasteiger charge is 2.12. The largest absolute Gasteiger partial charge is 0.497 e.